The molecule has 0 aromatic rings. The van der Waals surface area contributed by atoms with Gasteiger partial charge in [0.1, 0.15) is 6.61 Å². The molecule has 1 atom stereocenters. The van der Waals surface area contributed by atoms with E-state index in [1.807, 2.05) is 0 Å². The summed E-state index contributed by atoms with van der Waals surface area (Å²) in [6.07, 6.45) is 3.42. The first-order valence-corrected chi connectivity index (χ1v) is 5.66. The largest absolute Gasteiger partial charge is 0.480 e. The van der Waals surface area contributed by atoms with Crippen LogP contribution in [0.1, 0.15) is 33.1 Å². The SMILES string of the molecule is CC(C)N1CCC[C@H]1CCOCC(=O)O. The molecule has 1 heterocycles. The minimum absolute atomic E-state index is 0.172. The lowest BCUT2D eigenvalue weighted by molar-refractivity contribution is -0.142. The van der Waals surface area contributed by atoms with Crippen molar-refractivity contribution >= 4 is 5.97 Å². The lowest BCUT2D eigenvalue weighted by atomic mass is 10.1. The molecule has 88 valence electrons. The number of hydrogen-bond donors (Lipinski definition) is 1. The quantitative estimate of drug-likeness (QED) is 0.679. The molecule has 4 heteroatoms. The number of ether oxygens (including phenoxy) is 1. The van der Waals surface area contributed by atoms with Gasteiger partial charge in [-0.2, -0.15) is 0 Å². The molecule has 15 heavy (non-hydrogen) atoms. The highest BCUT2D eigenvalue weighted by Gasteiger charge is 2.25. The van der Waals surface area contributed by atoms with E-state index in [0.29, 0.717) is 18.7 Å². The van der Waals surface area contributed by atoms with Crippen LogP contribution in [0, 0.1) is 0 Å². The summed E-state index contributed by atoms with van der Waals surface area (Å²) in [6, 6.07) is 1.16. The maximum Gasteiger partial charge on any atom is 0.329 e. The molecule has 1 aliphatic heterocycles. The topological polar surface area (TPSA) is 49.8 Å². The van der Waals surface area contributed by atoms with Crippen LogP contribution in [-0.4, -0.2) is 47.8 Å². The van der Waals surface area contributed by atoms with Gasteiger partial charge in [0.05, 0.1) is 0 Å². The van der Waals surface area contributed by atoms with E-state index >= 15 is 0 Å². The maximum atomic E-state index is 10.2. The molecule has 1 rings (SSSR count). The summed E-state index contributed by atoms with van der Waals surface area (Å²) < 4.78 is 5.06. The standard InChI is InChI=1S/C11H21NO3/c1-9(2)12-6-3-4-10(12)5-7-15-8-11(13)14/h9-10H,3-8H2,1-2H3,(H,13,14)/t10-/m0/s1. The van der Waals surface area contributed by atoms with Crippen LogP contribution < -0.4 is 0 Å². The first-order chi connectivity index (χ1) is 7.11. The van der Waals surface area contributed by atoms with E-state index in [9.17, 15) is 4.79 Å². The highest BCUT2D eigenvalue weighted by Crippen LogP contribution is 2.22. The molecule has 0 saturated carbocycles. The summed E-state index contributed by atoms with van der Waals surface area (Å²) in [5.74, 6) is -0.887. The molecule has 0 spiro atoms. The van der Waals surface area contributed by atoms with Gasteiger partial charge >= 0.3 is 5.97 Å². The van der Waals surface area contributed by atoms with Gasteiger partial charge in [0.2, 0.25) is 0 Å². The lowest BCUT2D eigenvalue weighted by Crippen LogP contribution is -2.36. The molecule has 0 aliphatic carbocycles. The average molecular weight is 215 g/mol. The van der Waals surface area contributed by atoms with Crippen LogP contribution >= 0.6 is 0 Å². The zero-order valence-electron chi connectivity index (χ0n) is 9.61. The second-order valence-corrected chi connectivity index (χ2v) is 4.36. The number of carboxylic acid groups (broad SMARTS) is 1. The molecular formula is C11H21NO3. The predicted molar refractivity (Wildman–Crippen MR) is 57.9 cm³/mol. The van der Waals surface area contributed by atoms with Gasteiger partial charge in [-0.25, -0.2) is 4.79 Å². The van der Waals surface area contributed by atoms with Crippen LogP contribution in [0.2, 0.25) is 0 Å². The highest BCUT2D eigenvalue weighted by molar-refractivity contribution is 5.67. The normalized spacial score (nSPS) is 22.5. The van der Waals surface area contributed by atoms with Crippen molar-refractivity contribution in [3.63, 3.8) is 0 Å². The van der Waals surface area contributed by atoms with Gasteiger partial charge in [-0.3, -0.25) is 4.90 Å². The van der Waals surface area contributed by atoms with Crippen LogP contribution in [0.5, 0.6) is 0 Å². The Hall–Kier alpha value is -0.610. The van der Waals surface area contributed by atoms with Crippen molar-refractivity contribution in [1.82, 2.24) is 4.90 Å². The smallest absolute Gasteiger partial charge is 0.329 e. The number of carbonyl (C=O) groups is 1. The zero-order valence-corrected chi connectivity index (χ0v) is 9.61. The molecule has 4 nitrogen and oxygen atoms in total. The highest BCUT2D eigenvalue weighted by atomic mass is 16.5. The summed E-state index contributed by atoms with van der Waals surface area (Å²) in [6.45, 7) is 5.96. The maximum absolute atomic E-state index is 10.2. The van der Waals surface area contributed by atoms with Gasteiger partial charge in [0.25, 0.3) is 0 Å². The Morgan fingerprint density at radius 1 is 1.60 bits per heavy atom. The Labute approximate surface area is 91.2 Å². The van der Waals surface area contributed by atoms with Crippen LogP contribution in [0.15, 0.2) is 0 Å². The van der Waals surface area contributed by atoms with E-state index < -0.39 is 5.97 Å². The molecule has 1 N–H and O–H groups in total. The molecule has 0 bridgehead atoms. The number of nitrogens with zero attached hydrogens (tertiary/aromatic N) is 1. The second kappa shape index (κ2) is 6.08. The lowest BCUT2D eigenvalue weighted by Gasteiger charge is -2.28. The summed E-state index contributed by atoms with van der Waals surface area (Å²) in [7, 11) is 0. The third kappa shape index (κ3) is 4.18. The Morgan fingerprint density at radius 3 is 2.93 bits per heavy atom. The average Bonchev–Trinajstić information content (AvgIpc) is 2.60. The van der Waals surface area contributed by atoms with Crippen LogP contribution in [0.25, 0.3) is 0 Å². The van der Waals surface area contributed by atoms with E-state index in [1.165, 1.54) is 19.4 Å². The van der Waals surface area contributed by atoms with Crippen LogP contribution in [0.3, 0.4) is 0 Å². The van der Waals surface area contributed by atoms with Gasteiger partial charge in [-0.05, 0) is 39.7 Å². The van der Waals surface area contributed by atoms with Crippen molar-refractivity contribution < 1.29 is 14.6 Å². The number of hydrogen-bond acceptors (Lipinski definition) is 3. The molecule has 1 aliphatic rings. The van der Waals surface area contributed by atoms with Crippen molar-refractivity contribution in [2.24, 2.45) is 0 Å². The number of carboxylic acids is 1. The van der Waals surface area contributed by atoms with Crippen molar-refractivity contribution in [2.75, 3.05) is 19.8 Å². The molecular weight excluding hydrogens is 194 g/mol. The Kier molecular flexibility index (Phi) is 5.05. The third-order valence-electron chi connectivity index (χ3n) is 2.91. The Bertz CT molecular complexity index is 206. The van der Waals surface area contributed by atoms with Crippen LogP contribution in [-0.2, 0) is 9.53 Å². The van der Waals surface area contributed by atoms with E-state index in [4.69, 9.17) is 9.84 Å². The number of likely N-dealkylation sites (tertiary alicyclic amines) is 1. The van der Waals surface area contributed by atoms with Gasteiger partial charge in [0.15, 0.2) is 0 Å². The summed E-state index contributed by atoms with van der Waals surface area (Å²) in [5, 5.41) is 8.41. The predicted octanol–water partition coefficient (Wildman–Crippen LogP) is 1.35. The third-order valence-corrected chi connectivity index (χ3v) is 2.91. The van der Waals surface area contributed by atoms with E-state index in [2.05, 4.69) is 18.7 Å². The van der Waals surface area contributed by atoms with Gasteiger partial charge in [-0.1, -0.05) is 0 Å². The van der Waals surface area contributed by atoms with E-state index in [-0.39, 0.29) is 6.61 Å². The van der Waals surface area contributed by atoms with Crippen molar-refractivity contribution in [2.45, 2.75) is 45.2 Å². The molecule has 1 saturated heterocycles. The van der Waals surface area contributed by atoms with Gasteiger partial charge < -0.3 is 9.84 Å². The molecule has 0 aromatic carbocycles. The first-order valence-electron chi connectivity index (χ1n) is 5.66. The van der Waals surface area contributed by atoms with Crippen molar-refractivity contribution in [1.29, 1.82) is 0 Å². The monoisotopic (exact) mass is 215 g/mol. The molecule has 0 amide bonds. The van der Waals surface area contributed by atoms with Crippen molar-refractivity contribution in [3.05, 3.63) is 0 Å². The minimum Gasteiger partial charge on any atom is -0.480 e. The van der Waals surface area contributed by atoms with E-state index in [1.54, 1.807) is 0 Å². The van der Waals surface area contributed by atoms with Crippen molar-refractivity contribution in [3.8, 4) is 0 Å². The van der Waals surface area contributed by atoms with Gasteiger partial charge in [0, 0.05) is 18.7 Å². The second-order valence-electron chi connectivity index (χ2n) is 4.36. The molecule has 0 aromatic heterocycles. The molecule has 0 radical (unpaired) electrons. The van der Waals surface area contributed by atoms with Crippen LogP contribution in [0.4, 0.5) is 0 Å². The Morgan fingerprint density at radius 2 is 2.33 bits per heavy atom. The summed E-state index contributed by atoms with van der Waals surface area (Å²) in [5.41, 5.74) is 0. The number of aliphatic carboxylic acids is 1. The van der Waals surface area contributed by atoms with E-state index in [0.717, 1.165) is 6.42 Å². The minimum atomic E-state index is -0.887. The van der Waals surface area contributed by atoms with Gasteiger partial charge in [-0.15, -0.1) is 0 Å². The number of rotatable bonds is 6. The fourth-order valence-electron chi connectivity index (χ4n) is 2.23. The first kappa shape index (κ1) is 12.5. The summed E-state index contributed by atoms with van der Waals surface area (Å²) in [4.78, 5) is 12.7. The molecule has 0 unspecified atom stereocenters. The Balaban J connectivity index is 2.17. The fraction of sp³-hybridized carbons (Fsp3) is 0.909. The fourth-order valence-corrected chi connectivity index (χ4v) is 2.23. The zero-order chi connectivity index (χ0) is 11.3. The summed E-state index contributed by atoms with van der Waals surface area (Å²) >= 11 is 0. The molecule has 1 fully saturated rings.